The predicted octanol–water partition coefficient (Wildman–Crippen LogP) is 3.62. The van der Waals surface area contributed by atoms with Gasteiger partial charge in [-0.05, 0) is 43.2 Å². The largest absolute Gasteiger partial charge is 0.497 e. The van der Waals surface area contributed by atoms with Crippen LogP contribution in [0.15, 0.2) is 48.5 Å². The van der Waals surface area contributed by atoms with E-state index in [9.17, 15) is 14.0 Å². The number of nitrogens with one attached hydrogen (secondary N) is 1. The minimum Gasteiger partial charge on any atom is -0.497 e. The molecule has 0 saturated carbocycles. The number of halogens is 1. The molecule has 0 radical (unpaired) electrons. The number of methoxy groups -OCH3 is 1. The van der Waals surface area contributed by atoms with Crippen molar-refractivity contribution < 1.29 is 18.7 Å². The minimum atomic E-state index is -0.622. The molecule has 0 aromatic heterocycles. The summed E-state index contributed by atoms with van der Waals surface area (Å²) in [6.45, 7) is 4.33. The molecule has 1 unspecified atom stereocenters. The maximum Gasteiger partial charge on any atom is 0.242 e. The van der Waals surface area contributed by atoms with Gasteiger partial charge in [-0.3, -0.25) is 9.59 Å². The zero-order valence-electron chi connectivity index (χ0n) is 17.0. The summed E-state index contributed by atoms with van der Waals surface area (Å²) < 4.78 is 19.0. The zero-order chi connectivity index (χ0) is 21.2. The Morgan fingerprint density at radius 2 is 1.97 bits per heavy atom. The van der Waals surface area contributed by atoms with Gasteiger partial charge in [0.1, 0.15) is 17.6 Å². The Bertz CT molecular complexity index is 831. The first-order valence-corrected chi connectivity index (χ1v) is 10.6. The maximum absolute atomic E-state index is 13.8. The Morgan fingerprint density at radius 1 is 1.21 bits per heavy atom. The van der Waals surface area contributed by atoms with E-state index < -0.39 is 6.04 Å². The average Bonchev–Trinajstić information content (AvgIpc) is 2.73. The molecular formula is C22H27FN2O3S. The van der Waals surface area contributed by atoms with Crippen LogP contribution in [0.5, 0.6) is 5.75 Å². The van der Waals surface area contributed by atoms with Gasteiger partial charge in [0.05, 0.1) is 12.9 Å². The lowest BCUT2D eigenvalue weighted by Gasteiger charge is -2.28. The molecule has 1 atom stereocenters. The number of amides is 2. The monoisotopic (exact) mass is 418 g/mol. The van der Waals surface area contributed by atoms with Crippen molar-refractivity contribution in [1.29, 1.82) is 0 Å². The van der Waals surface area contributed by atoms with E-state index in [1.54, 1.807) is 37.1 Å². The second kappa shape index (κ2) is 11.5. The molecule has 0 saturated heterocycles. The van der Waals surface area contributed by atoms with Crippen LogP contribution in [-0.4, -0.2) is 42.2 Å². The first-order valence-electron chi connectivity index (χ1n) is 9.47. The predicted molar refractivity (Wildman–Crippen MR) is 114 cm³/mol. The minimum absolute atomic E-state index is 0.155. The molecule has 1 N–H and O–H groups in total. The maximum atomic E-state index is 13.8. The summed E-state index contributed by atoms with van der Waals surface area (Å²) in [6.07, 6.45) is 0. The zero-order valence-corrected chi connectivity index (χ0v) is 17.8. The van der Waals surface area contributed by atoms with Crippen LogP contribution >= 0.6 is 11.8 Å². The third-order valence-corrected chi connectivity index (χ3v) is 5.41. The summed E-state index contributed by atoms with van der Waals surface area (Å²) in [6, 6.07) is 13.3. The Hall–Kier alpha value is -2.54. The number of carbonyl (C=O) groups is 2. The Kier molecular flexibility index (Phi) is 8.99. The summed E-state index contributed by atoms with van der Waals surface area (Å²) in [7, 11) is 1.58. The van der Waals surface area contributed by atoms with Crippen molar-refractivity contribution in [2.24, 2.45) is 0 Å². The molecule has 2 aromatic rings. The van der Waals surface area contributed by atoms with Crippen molar-refractivity contribution in [3.63, 3.8) is 0 Å². The number of benzene rings is 2. The number of likely N-dealkylation sites (N-methyl/N-ethyl adjacent to an activating group) is 1. The topological polar surface area (TPSA) is 58.6 Å². The lowest BCUT2D eigenvalue weighted by atomic mass is 10.1. The van der Waals surface area contributed by atoms with Gasteiger partial charge in [-0.15, -0.1) is 11.8 Å². The molecule has 0 aliphatic heterocycles. The van der Waals surface area contributed by atoms with Crippen LogP contribution in [0.4, 0.5) is 4.39 Å². The molecule has 2 rings (SSSR count). The highest BCUT2D eigenvalue weighted by Crippen LogP contribution is 2.19. The number of carbonyl (C=O) groups excluding carboxylic acids is 2. The fourth-order valence-corrected chi connectivity index (χ4v) is 3.72. The van der Waals surface area contributed by atoms with Gasteiger partial charge in [-0.1, -0.05) is 30.3 Å². The lowest BCUT2D eigenvalue weighted by molar-refractivity contribution is -0.138. The smallest absolute Gasteiger partial charge is 0.242 e. The molecular weight excluding hydrogens is 391 g/mol. The number of rotatable bonds is 10. The number of nitrogens with zero attached hydrogens (tertiary/aromatic N) is 1. The first kappa shape index (κ1) is 22.7. The Labute approximate surface area is 175 Å². The molecule has 0 heterocycles. The SMILES string of the molecule is CCNC(=O)C(C)N(Cc1cccc(OC)c1)C(=O)CSCc1ccccc1F. The number of hydrogen-bond acceptors (Lipinski definition) is 4. The van der Waals surface area contributed by atoms with Gasteiger partial charge in [-0.2, -0.15) is 0 Å². The van der Waals surface area contributed by atoms with Gasteiger partial charge in [0.15, 0.2) is 0 Å². The fraction of sp³-hybridized carbons (Fsp3) is 0.364. The summed E-state index contributed by atoms with van der Waals surface area (Å²) in [5.74, 6) is 0.574. The van der Waals surface area contributed by atoms with Crippen LogP contribution in [0.25, 0.3) is 0 Å². The molecule has 7 heteroatoms. The molecule has 2 amide bonds. The van der Waals surface area contributed by atoms with Crippen LogP contribution in [0.2, 0.25) is 0 Å². The van der Waals surface area contributed by atoms with Crippen molar-refractivity contribution in [1.82, 2.24) is 10.2 Å². The van der Waals surface area contributed by atoms with Gasteiger partial charge in [-0.25, -0.2) is 4.39 Å². The Balaban J connectivity index is 2.09. The molecule has 156 valence electrons. The van der Waals surface area contributed by atoms with Crippen molar-refractivity contribution >= 4 is 23.6 Å². The second-order valence-electron chi connectivity index (χ2n) is 6.53. The highest BCUT2D eigenvalue weighted by Gasteiger charge is 2.25. The van der Waals surface area contributed by atoms with Crippen molar-refractivity contribution in [3.05, 3.63) is 65.5 Å². The van der Waals surface area contributed by atoms with Crippen LogP contribution in [-0.2, 0) is 21.9 Å². The highest BCUT2D eigenvalue weighted by atomic mass is 32.2. The quantitative estimate of drug-likeness (QED) is 0.640. The molecule has 0 aliphatic rings. The normalized spacial score (nSPS) is 11.6. The van der Waals surface area contributed by atoms with E-state index in [1.165, 1.54) is 17.8 Å². The fourth-order valence-electron chi connectivity index (χ4n) is 2.82. The third kappa shape index (κ3) is 6.78. The van der Waals surface area contributed by atoms with E-state index in [2.05, 4.69) is 5.32 Å². The highest BCUT2D eigenvalue weighted by molar-refractivity contribution is 7.99. The van der Waals surface area contributed by atoms with E-state index in [0.717, 1.165) is 5.56 Å². The standard InChI is InChI=1S/C22H27FN2O3S/c1-4-24-22(27)16(2)25(13-17-8-7-10-19(12-17)28-3)21(26)15-29-14-18-9-5-6-11-20(18)23/h5-12,16H,4,13-15H2,1-3H3,(H,24,27). The van der Waals surface area contributed by atoms with Gasteiger partial charge >= 0.3 is 0 Å². The summed E-state index contributed by atoms with van der Waals surface area (Å²) in [5, 5.41) is 2.76. The van der Waals surface area contributed by atoms with Crippen LogP contribution in [0, 0.1) is 5.82 Å². The molecule has 0 fully saturated rings. The number of thioether (sulfide) groups is 1. The summed E-state index contributed by atoms with van der Waals surface area (Å²) >= 11 is 1.33. The van der Waals surface area contributed by atoms with Crippen molar-refractivity contribution in [2.45, 2.75) is 32.2 Å². The van der Waals surface area contributed by atoms with Crippen LogP contribution in [0.1, 0.15) is 25.0 Å². The van der Waals surface area contributed by atoms with Crippen molar-refractivity contribution in [2.75, 3.05) is 19.4 Å². The van der Waals surface area contributed by atoms with E-state index in [4.69, 9.17) is 4.74 Å². The molecule has 29 heavy (non-hydrogen) atoms. The second-order valence-corrected chi connectivity index (χ2v) is 7.51. The van der Waals surface area contributed by atoms with Crippen molar-refractivity contribution in [3.8, 4) is 5.75 Å². The average molecular weight is 419 g/mol. The summed E-state index contributed by atoms with van der Waals surface area (Å²) in [5.41, 5.74) is 1.43. The molecule has 0 aliphatic carbocycles. The Morgan fingerprint density at radius 3 is 2.66 bits per heavy atom. The van der Waals surface area contributed by atoms with Gasteiger partial charge < -0.3 is 15.0 Å². The van der Waals surface area contributed by atoms with Gasteiger partial charge in [0.25, 0.3) is 0 Å². The van der Waals surface area contributed by atoms with Gasteiger partial charge in [0, 0.05) is 18.8 Å². The van der Waals surface area contributed by atoms with Crippen LogP contribution < -0.4 is 10.1 Å². The van der Waals surface area contributed by atoms with E-state index in [0.29, 0.717) is 23.6 Å². The number of ether oxygens (including phenoxy) is 1. The lowest BCUT2D eigenvalue weighted by Crippen LogP contribution is -2.48. The molecule has 5 nitrogen and oxygen atoms in total. The molecule has 0 spiro atoms. The number of hydrogen-bond donors (Lipinski definition) is 1. The molecule has 2 aromatic carbocycles. The molecule has 0 bridgehead atoms. The van der Waals surface area contributed by atoms with Gasteiger partial charge in [0.2, 0.25) is 11.8 Å². The summed E-state index contributed by atoms with van der Waals surface area (Å²) in [4.78, 5) is 26.8. The first-order chi connectivity index (χ1) is 14.0. The van der Waals surface area contributed by atoms with E-state index in [1.807, 2.05) is 31.2 Å². The van der Waals surface area contributed by atoms with Crippen LogP contribution in [0.3, 0.4) is 0 Å². The van der Waals surface area contributed by atoms with E-state index >= 15 is 0 Å². The third-order valence-electron chi connectivity index (χ3n) is 4.45. The van der Waals surface area contributed by atoms with E-state index in [-0.39, 0.29) is 29.9 Å².